The lowest BCUT2D eigenvalue weighted by atomic mass is 10.0. The van der Waals surface area contributed by atoms with Gasteiger partial charge in [0.2, 0.25) is 0 Å². The minimum absolute atomic E-state index is 0.357. The molecule has 0 bridgehead atoms. The molecule has 4 nitrogen and oxygen atoms in total. The van der Waals surface area contributed by atoms with Crippen LogP contribution in [-0.4, -0.2) is 57.4 Å². The van der Waals surface area contributed by atoms with E-state index in [9.17, 15) is 0 Å². The van der Waals surface area contributed by atoms with Gasteiger partial charge in [-0.3, -0.25) is 0 Å². The predicted octanol–water partition coefficient (Wildman–Crippen LogP) is 0.528. The molecule has 0 aliphatic rings. The first-order valence-electron chi connectivity index (χ1n) is 6.34. The van der Waals surface area contributed by atoms with E-state index in [1.165, 1.54) is 0 Å². The Morgan fingerprint density at radius 1 is 1.31 bits per heavy atom. The second-order valence-electron chi connectivity index (χ2n) is 4.26. The van der Waals surface area contributed by atoms with E-state index in [1.54, 1.807) is 7.11 Å². The van der Waals surface area contributed by atoms with Crippen molar-refractivity contribution >= 4 is 0 Å². The number of nitrogens with one attached hydrogen (secondary N) is 1. The van der Waals surface area contributed by atoms with Crippen molar-refractivity contribution in [2.45, 2.75) is 26.8 Å². The van der Waals surface area contributed by atoms with Gasteiger partial charge in [-0.2, -0.15) is 0 Å². The van der Waals surface area contributed by atoms with E-state index in [0.717, 1.165) is 32.8 Å². The summed E-state index contributed by atoms with van der Waals surface area (Å²) in [5.41, 5.74) is 5.75. The molecule has 0 amide bonds. The van der Waals surface area contributed by atoms with Crippen molar-refractivity contribution in [2.24, 2.45) is 11.7 Å². The molecular weight excluding hydrogens is 202 g/mol. The fourth-order valence-corrected chi connectivity index (χ4v) is 1.84. The standard InChI is InChI=1S/C12H29N3O/c1-5-15(6-2)8-7-14-12(9-13)11(3)10-16-4/h11-12,14H,5-10,13H2,1-4H3. The lowest BCUT2D eigenvalue weighted by Crippen LogP contribution is -2.45. The molecule has 0 radical (unpaired) electrons. The Labute approximate surface area is 101 Å². The third-order valence-corrected chi connectivity index (χ3v) is 3.10. The lowest BCUT2D eigenvalue weighted by Gasteiger charge is -2.25. The summed E-state index contributed by atoms with van der Waals surface area (Å²) in [4.78, 5) is 2.40. The molecule has 0 aliphatic heterocycles. The highest BCUT2D eigenvalue weighted by atomic mass is 16.5. The Hall–Kier alpha value is -0.160. The highest BCUT2D eigenvalue weighted by Crippen LogP contribution is 2.01. The summed E-state index contributed by atoms with van der Waals surface area (Å²) >= 11 is 0. The monoisotopic (exact) mass is 231 g/mol. The lowest BCUT2D eigenvalue weighted by molar-refractivity contribution is 0.139. The van der Waals surface area contributed by atoms with Crippen LogP contribution in [0.1, 0.15) is 20.8 Å². The minimum atomic E-state index is 0.357. The van der Waals surface area contributed by atoms with Gasteiger partial charge in [0.05, 0.1) is 6.61 Å². The van der Waals surface area contributed by atoms with Crippen LogP contribution in [0.15, 0.2) is 0 Å². The van der Waals surface area contributed by atoms with E-state index >= 15 is 0 Å². The van der Waals surface area contributed by atoms with Crippen molar-refractivity contribution in [2.75, 3.05) is 46.4 Å². The van der Waals surface area contributed by atoms with Crippen LogP contribution in [0.3, 0.4) is 0 Å². The molecule has 0 aromatic carbocycles. The molecule has 2 unspecified atom stereocenters. The third kappa shape index (κ3) is 6.43. The maximum atomic E-state index is 5.75. The topological polar surface area (TPSA) is 50.5 Å². The fraction of sp³-hybridized carbons (Fsp3) is 1.00. The first-order valence-corrected chi connectivity index (χ1v) is 6.34. The molecule has 16 heavy (non-hydrogen) atoms. The van der Waals surface area contributed by atoms with Gasteiger partial charge in [0.15, 0.2) is 0 Å². The number of hydrogen-bond acceptors (Lipinski definition) is 4. The van der Waals surface area contributed by atoms with Crippen molar-refractivity contribution in [3.63, 3.8) is 0 Å². The van der Waals surface area contributed by atoms with Crippen LogP contribution >= 0.6 is 0 Å². The summed E-state index contributed by atoms with van der Waals surface area (Å²) in [6, 6.07) is 0.357. The highest BCUT2D eigenvalue weighted by molar-refractivity contribution is 4.74. The number of ether oxygens (including phenoxy) is 1. The van der Waals surface area contributed by atoms with Gasteiger partial charge < -0.3 is 20.7 Å². The second-order valence-corrected chi connectivity index (χ2v) is 4.26. The molecule has 3 N–H and O–H groups in total. The number of methoxy groups -OCH3 is 1. The van der Waals surface area contributed by atoms with Gasteiger partial charge in [0.1, 0.15) is 0 Å². The van der Waals surface area contributed by atoms with Crippen molar-refractivity contribution in [3.8, 4) is 0 Å². The van der Waals surface area contributed by atoms with Gasteiger partial charge in [-0.1, -0.05) is 20.8 Å². The summed E-state index contributed by atoms with van der Waals surface area (Å²) in [5.74, 6) is 0.465. The molecule has 0 aliphatic carbocycles. The van der Waals surface area contributed by atoms with Gasteiger partial charge in [-0.05, 0) is 19.0 Å². The van der Waals surface area contributed by atoms with Crippen LogP contribution in [0.25, 0.3) is 0 Å². The number of nitrogens with zero attached hydrogens (tertiary/aromatic N) is 1. The van der Waals surface area contributed by atoms with Gasteiger partial charge in [-0.15, -0.1) is 0 Å². The maximum absolute atomic E-state index is 5.75. The summed E-state index contributed by atoms with van der Waals surface area (Å²) < 4.78 is 5.15. The summed E-state index contributed by atoms with van der Waals surface area (Å²) in [5, 5.41) is 3.51. The quantitative estimate of drug-likeness (QED) is 0.576. The molecule has 0 aromatic heterocycles. The van der Waals surface area contributed by atoms with E-state index < -0.39 is 0 Å². The average Bonchev–Trinajstić information content (AvgIpc) is 2.30. The first kappa shape index (κ1) is 15.8. The summed E-state index contributed by atoms with van der Waals surface area (Å²) in [6.45, 7) is 12.3. The smallest absolute Gasteiger partial charge is 0.0503 e. The van der Waals surface area contributed by atoms with Gasteiger partial charge >= 0.3 is 0 Å². The van der Waals surface area contributed by atoms with Crippen LogP contribution in [0.2, 0.25) is 0 Å². The molecule has 4 heteroatoms. The SMILES string of the molecule is CCN(CC)CCNC(CN)C(C)COC. The minimum Gasteiger partial charge on any atom is -0.384 e. The molecule has 0 saturated carbocycles. The van der Waals surface area contributed by atoms with Crippen LogP contribution in [0.4, 0.5) is 0 Å². The van der Waals surface area contributed by atoms with Crippen LogP contribution < -0.4 is 11.1 Å². The number of nitrogens with two attached hydrogens (primary N) is 1. The summed E-state index contributed by atoms with van der Waals surface area (Å²) in [6.07, 6.45) is 0. The number of hydrogen-bond donors (Lipinski definition) is 2. The van der Waals surface area contributed by atoms with Crippen molar-refractivity contribution in [3.05, 3.63) is 0 Å². The Morgan fingerprint density at radius 3 is 2.38 bits per heavy atom. The van der Waals surface area contributed by atoms with E-state index in [1.807, 2.05) is 0 Å². The average molecular weight is 231 g/mol. The predicted molar refractivity (Wildman–Crippen MR) is 69.7 cm³/mol. The van der Waals surface area contributed by atoms with Crippen LogP contribution in [0.5, 0.6) is 0 Å². The van der Waals surface area contributed by atoms with Crippen molar-refractivity contribution < 1.29 is 4.74 Å². The van der Waals surface area contributed by atoms with E-state index in [-0.39, 0.29) is 0 Å². The Balaban J connectivity index is 3.77. The number of rotatable bonds is 10. The van der Waals surface area contributed by atoms with Crippen LogP contribution in [0, 0.1) is 5.92 Å². The van der Waals surface area contributed by atoms with Gasteiger partial charge in [0.25, 0.3) is 0 Å². The highest BCUT2D eigenvalue weighted by Gasteiger charge is 2.14. The molecule has 2 atom stereocenters. The molecule has 0 saturated heterocycles. The Morgan fingerprint density at radius 2 is 1.94 bits per heavy atom. The normalized spacial score (nSPS) is 15.4. The number of likely N-dealkylation sites (N-methyl/N-ethyl adjacent to an activating group) is 1. The zero-order valence-corrected chi connectivity index (χ0v) is 11.3. The van der Waals surface area contributed by atoms with E-state index in [2.05, 4.69) is 31.0 Å². The second kappa shape index (κ2) is 10.0. The summed E-state index contributed by atoms with van der Waals surface area (Å²) in [7, 11) is 1.74. The molecule has 98 valence electrons. The van der Waals surface area contributed by atoms with E-state index in [4.69, 9.17) is 10.5 Å². The van der Waals surface area contributed by atoms with Crippen molar-refractivity contribution in [1.82, 2.24) is 10.2 Å². The molecule has 0 spiro atoms. The molecule has 0 fully saturated rings. The Bertz CT molecular complexity index is 151. The van der Waals surface area contributed by atoms with Gasteiger partial charge in [-0.25, -0.2) is 0 Å². The maximum Gasteiger partial charge on any atom is 0.0503 e. The van der Waals surface area contributed by atoms with E-state index in [0.29, 0.717) is 18.5 Å². The van der Waals surface area contributed by atoms with Crippen LogP contribution in [-0.2, 0) is 4.74 Å². The largest absolute Gasteiger partial charge is 0.384 e. The molecule has 0 heterocycles. The van der Waals surface area contributed by atoms with Gasteiger partial charge in [0, 0.05) is 32.8 Å². The third-order valence-electron chi connectivity index (χ3n) is 3.10. The Kier molecular flexibility index (Phi) is 9.92. The molecule has 0 rings (SSSR count). The zero-order valence-electron chi connectivity index (χ0n) is 11.3. The fourth-order valence-electron chi connectivity index (χ4n) is 1.84. The van der Waals surface area contributed by atoms with Crippen molar-refractivity contribution in [1.29, 1.82) is 0 Å². The molecule has 0 aromatic rings. The molecular formula is C12H29N3O. The zero-order chi connectivity index (χ0) is 12.4. The first-order chi connectivity index (χ1) is 7.69.